The van der Waals surface area contributed by atoms with Crippen LogP contribution >= 0.6 is 0 Å². The van der Waals surface area contributed by atoms with E-state index in [0.717, 1.165) is 19.3 Å². The molecule has 11 heteroatoms. The van der Waals surface area contributed by atoms with Crippen LogP contribution < -0.4 is 15.2 Å². The number of nitrogens with zero attached hydrogens (tertiary/aromatic N) is 4. The Morgan fingerprint density at radius 3 is 2.97 bits per heavy atom. The summed E-state index contributed by atoms with van der Waals surface area (Å²) >= 11 is 0. The molecule has 1 fully saturated rings. The minimum Gasteiger partial charge on any atom is -0.491 e. The number of amides is 1. The normalized spacial score (nSPS) is 20.2. The number of carbonyl (C=O) groups excluding carboxylic acids is 1. The highest BCUT2D eigenvalue weighted by atomic mass is 32.2. The minimum absolute atomic E-state index is 0.132. The van der Waals surface area contributed by atoms with Gasteiger partial charge in [0.05, 0.1) is 17.3 Å². The molecule has 1 aromatic heterocycles. The van der Waals surface area contributed by atoms with E-state index in [2.05, 4.69) is 19.1 Å². The number of ether oxygens (including phenoxy) is 1. The van der Waals surface area contributed by atoms with Crippen molar-refractivity contribution < 1.29 is 17.9 Å². The Morgan fingerprint density at radius 2 is 2.17 bits per heavy atom. The summed E-state index contributed by atoms with van der Waals surface area (Å²) in [6.07, 6.45) is 5.58. The van der Waals surface area contributed by atoms with E-state index in [1.54, 1.807) is 29.2 Å². The van der Waals surface area contributed by atoms with Crippen LogP contribution in [0.4, 0.5) is 5.69 Å². The second-order valence-electron chi connectivity index (χ2n) is 6.79. The second-order valence-corrected chi connectivity index (χ2v) is 8.12. The van der Waals surface area contributed by atoms with E-state index in [0.29, 0.717) is 29.2 Å². The monoisotopic (exact) mass is 416 g/mol. The van der Waals surface area contributed by atoms with Gasteiger partial charge in [-0.1, -0.05) is 6.07 Å². The van der Waals surface area contributed by atoms with Crippen LogP contribution in [0.2, 0.25) is 0 Å². The first-order chi connectivity index (χ1) is 13.9. The number of hydrogen-bond acceptors (Lipinski definition) is 7. The van der Waals surface area contributed by atoms with Crippen LogP contribution in [-0.4, -0.2) is 54.2 Å². The Morgan fingerprint density at radius 1 is 1.31 bits per heavy atom. The topological polar surface area (TPSA) is 140 Å². The highest BCUT2D eigenvalue weighted by Crippen LogP contribution is 2.31. The summed E-state index contributed by atoms with van der Waals surface area (Å²) in [4.78, 5) is 22.5. The van der Waals surface area contributed by atoms with Crippen molar-refractivity contribution in [3.05, 3.63) is 48.0 Å². The lowest BCUT2D eigenvalue weighted by atomic mass is 10.0. The summed E-state index contributed by atoms with van der Waals surface area (Å²) in [6.45, 7) is 0.862. The molecule has 0 bridgehead atoms. The maximum Gasteiger partial charge on any atom is 0.344 e. The predicted molar refractivity (Wildman–Crippen MR) is 106 cm³/mol. The molecule has 0 spiro atoms. The van der Waals surface area contributed by atoms with Crippen molar-refractivity contribution in [2.45, 2.75) is 25.3 Å². The van der Waals surface area contributed by atoms with Gasteiger partial charge in [-0.2, -0.15) is 8.42 Å². The van der Waals surface area contributed by atoms with Gasteiger partial charge in [-0.05, 0) is 37.5 Å². The summed E-state index contributed by atoms with van der Waals surface area (Å²) in [5.41, 5.74) is 6.91. The lowest BCUT2D eigenvalue weighted by Gasteiger charge is -2.35. The summed E-state index contributed by atoms with van der Waals surface area (Å²) < 4.78 is 35.2. The molecule has 0 radical (unpaired) electrons. The largest absolute Gasteiger partial charge is 0.491 e. The first-order valence-corrected chi connectivity index (χ1v) is 10.6. The van der Waals surface area contributed by atoms with Crippen LogP contribution in [0.1, 0.15) is 35.3 Å². The number of aromatic nitrogens is 2. The molecule has 1 saturated heterocycles. The maximum absolute atomic E-state index is 12.8. The number of anilines is 1. The Kier molecular flexibility index (Phi) is 5.05. The third-order valence-corrected chi connectivity index (χ3v) is 5.78. The zero-order chi connectivity index (χ0) is 20.4. The molecule has 1 amide bonds. The molecule has 2 aromatic rings. The highest BCUT2D eigenvalue weighted by molar-refractivity contribution is 7.91. The fourth-order valence-corrected chi connectivity index (χ4v) is 4.37. The van der Waals surface area contributed by atoms with E-state index in [1.807, 2.05) is 0 Å². The van der Waals surface area contributed by atoms with E-state index in [4.69, 9.17) is 10.5 Å². The number of piperidine rings is 1. The molecule has 1 atom stereocenters. The zero-order valence-corrected chi connectivity index (χ0v) is 16.3. The van der Waals surface area contributed by atoms with Gasteiger partial charge in [0, 0.05) is 12.7 Å². The summed E-state index contributed by atoms with van der Waals surface area (Å²) in [5, 5.41) is 0. The van der Waals surface area contributed by atoms with Crippen molar-refractivity contribution in [1.82, 2.24) is 14.9 Å². The molecule has 152 valence electrons. The molecule has 4 rings (SSSR count). The fourth-order valence-electron chi connectivity index (χ4n) is 3.53. The van der Waals surface area contributed by atoms with Gasteiger partial charge in [-0.25, -0.2) is 9.97 Å². The van der Waals surface area contributed by atoms with Gasteiger partial charge >= 0.3 is 10.2 Å². The van der Waals surface area contributed by atoms with Gasteiger partial charge in [0.25, 0.3) is 5.91 Å². The molecular formula is C18H20N6O4S. The van der Waals surface area contributed by atoms with Gasteiger partial charge in [0.15, 0.2) is 5.84 Å². The Labute approximate surface area is 168 Å². The molecule has 1 aromatic carbocycles. The first kappa shape index (κ1) is 19.1. The fraction of sp³-hybridized carbons (Fsp3) is 0.333. The van der Waals surface area contributed by atoms with E-state index < -0.39 is 10.2 Å². The SMILES string of the molecule is NC1=NS(=O)(=O)Nc2cccc(OC[C@H]3CCCCN3C(=O)c3ccncn3)c21. The summed E-state index contributed by atoms with van der Waals surface area (Å²) in [5.74, 6) is 0.114. The molecule has 0 aliphatic carbocycles. The number of likely N-dealkylation sites (tertiary alicyclic amines) is 1. The molecule has 29 heavy (non-hydrogen) atoms. The third-order valence-electron chi connectivity index (χ3n) is 4.86. The number of rotatable bonds is 4. The van der Waals surface area contributed by atoms with Gasteiger partial charge in [-0.15, -0.1) is 4.40 Å². The second kappa shape index (κ2) is 7.66. The quantitative estimate of drug-likeness (QED) is 0.755. The van der Waals surface area contributed by atoms with Crippen molar-refractivity contribution in [3.8, 4) is 5.75 Å². The van der Waals surface area contributed by atoms with Crippen molar-refractivity contribution in [2.24, 2.45) is 10.1 Å². The van der Waals surface area contributed by atoms with E-state index in [-0.39, 0.29) is 24.4 Å². The zero-order valence-electron chi connectivity index (χ0n) is 15.5. The van der Waals surface area contributed by atoms with Crippen LogP contribution in [-0.2, 0) is 10.2 Å². The van der Waals surface area contributed by atoms with E-state index in [1.165, 1.54) is 12.5 Å². The van der Waals surface area contributed by atoms with Crippen molar-refractivity contribution in [2.75, 3.05) is 17.9 Å². The van der Waals surface area contributed by atoms with E-state index >= 15 is 0 Å². The number of hydrogen-bond donors (Lipinski definition) is 2. The van der Waals surface area contributed by atoms with Gasteiger partial charge < -0.3 is 15.4 Å². The Bertz CT molecular complexity index is 1060. The molecule has 2 aliphatic rings. The van der Waals surface area contributed by atoms with E-state index in [9.17, 15) is 13.2 Å². The first-order valence-electron chi connectivity index (χ1n) is 9.16. The number of nitrogens with one attached hydrogen (secondary N) is 1. The van der Waals surface area contributed by atoms with Crippen molar-refractivity contribution in [1.29, 1.82) is 0 Å². The Hall–Kier alpha value is -3.21. The molecule has 0 unspecified atom stereocenters. The predicted octanol–water partition coefficient (Wildman–Crippen LogP) is 0.926. The van der Waals surface area contributed by atoms with Crippen LogP contribution in [0.25, 0.3) is 0 Å². The lowest BCUT2D eigenvalue weighted by Crippen LogP contribution is -2.47. The molecule has 2 aliphatic heterocycles. The van der Waals surface area contributed by atoms with Gasteiger partial charge in [0.1, 0.15) is 24.4 Å². The summed E-state index contributed by atoms with van der Waals surface area (Å²) in [6, 6.07) is 6.40. The number of fused-ring (bicyclic) bond motifs is 1. The molecular weight excluding hydrogens is 396 g/mol. The van der Waals surface area contributed by atoms with Gasteiger partial charge in [0.2, 0.25) is 0 Å². The standard InChI is InChI=1S/C18H20N6O4S/c19-17-16-13(22-29(26,27)23-17)5-3-6-15(16)28-10-12-4-1-2-9-24(12)18(25)14-7-8-20-11-21-14/h3,5-8,11-12,22H,1-2,4,9-10H2,(H2,19,23)/t12-/m1/s1. The average Bonchev–Trinajstić information content (AvgIpc) is 2.71. The molecule has 10 nitrogen and oxygen atoms in total. The van der Waals surface area contributed by atoms with Crippen molar-refractivity contribution >= 4 is 27.6 Å². The van der Waals surface area contributed by atoms with Crippen LogP contribution in [0.3, 0.4) is 0 Å². The van der Waals surface area contributed by atoms with Crippen molar-refractivity contribution in [3.63, 3.8) is 0 Å². The summed E-state index contributed by atoms with van der Waals surface area (Å²) in [7, 11) is -3.86. The smallest absolute Gasteiger partial charge is 0.344 e. The molecule has 3 heterocycles. The van der Waals surface area contributed by atoms with Crippen LogP contribution in [0.15, 0.2) is 41.2 Å². The lowest BCUT2D eigenvalue weighted by molar-refractivity contribution is 0.0522. The minimum atomic E-state index is -3.86. The number of carbonyl (C=O) groups is 1. The number of nitrogens with two attached hydrogens (primary N) is 1. The van der Waals surface area contributed by atoms with Gasteiger partial charge in [-0.3, -0.25) is 9.52 Å². The highest BCUT2D eigenvalue weighted by Gasteiger charge is 2.30. The maximum atomic E-state index is 12.8. The number of amidine groups is 1. The molecule has 3 N–H and O–H groups in total. The van der Waals surface area contributed by atoms with Crippen LogP contribution in [0, 0.1) is 0 Å². The average molecular weight is 416 g/mol. The molecule has 0 saturated carbocycles. The van der Waals surface area contributed by atoms with Crippen LogP contribution in [0.5, 0.6) is 5.75 Å². The Balaban J connectivity index is 1.53. The third kappa shape index (κ3) is 3.99. The number of benzene rings is 1.